The van der Waals surface area contributed by atoms with E-state index < -0.39 is 46.2 Å². The molecule has 0 saturated carbocycles. The molecule has 2 amide bonds. The number of aryl methyl sites for hydroxylation is 1. The van der Waals surface area contributed by atoms with Crippen molar-refractivity contribution in [2.45, 2.75) is 46.0 Å². The highest BCUT2D eigenvalue weighted by Crippen LogP contribution is 2.32. The molecule has 0 aromatic heterocycles. The molecule has 0 spiro atoms. The van der Waals surface area contributed by atoms with Crippen molar-refractivity contribution in [3.8, 4) is 0 Å². The number of hydrogen-bond acceptors (Lipinski definition) is 4. The molecule has 0 fully saturated rings. The quantitative estimate of drug-likeness (QED) is 0.525. The van der Waals surface area contributed by atoms with Gasteiger partial charge in [-0.05, 0) is 44.0 Å². The van der Waals surface area contributed by atoms with Crippen LogP contribution in [-0.2, 0) is 32.3 Å². The van der Waals surface area contributed by atoms with Gasteiger partial charge in [-0.25, -0.2) is 8.42 Å². The maximum atomic E-state index is 13.4. The van der Waals surface area contributed by atoms with E-state index in [-0.39, 0.29) is 12.2 Å². The van der Waals surface area contributed by atoms with Gasteiger partial charge in [0.15, 0.2) is 0 Å². The first-order valence-electron chi connectivity index (χ1n) is 11.0. The molecule has 0 radical (unpaired) electrons. The highest BCUT2D eigenvalue weighted by molar-refractivity contribution is 7.92. The van der Waals surface area contributed by atoms with Crippen LogP contribution in [0.4, 0.5) is 18.9 Å². The highest BCUT2D eigenvalue weighted by Gasteiger charge is 2.33. The van der Waals surface area contributed by atoms with E-state index in [0.29, 0.717) is 23.3 Å². The lowest BCUT2D eigenvalue weighted by Crippen LogP contribution is -2.51. The van der Waals surface area contributed by atoms with Crippen molar-refractivity contribution in [1.29, 1.82) is 0 Å². The standard InChI is InChI=1S/C24H30F3N3O4S/c1-5-12-28-23(32)18(3)29(15-19-9-6-8-17(2)13-19)22(31)16-30(35(4,33)34)21-11-7-10-20(14-21)24(25,26)27/h6-11,13-14,18H,5,12,15-16H2,1-4H3,(H,28,32). The molecule has 2 aromatic carbocycles. The summed E-state index contributed by atoms with van der Waals surface area (Å²) in [4.78, 5) is 27.3. The number of anilines is 1. The maximum absolute atomic E-state index is 13.4. The fraction of sp³-hybridized carbons (Fsp3) is 0.417. The van der Waals surface area contributed by atoms with Crippen molar-refractivity contribution in [1.82, 2.24) is 10.2 Å². The van der Waals surface area contributed by atoms with Crippen molar-refractivity contribution in [2.24, 2.45) is 0 Å². The predicted octanol–water partition coefficient (Wildman–Crippen LogP) is 3.72. The highest BCUT2D eigenvalue weighted by atomic mass is 32.2. The van der Waals surface area contributed by atoms with Crippen LogP contribution < -0.4 is 9.62 Å². The zero-order valence-electron chi connectivity index (χ0n) is 20.1. The normalized spacial score (nSPS) is 12.7. The lowest BCUT2D eigenvalue weighted by Gasteiger charge is -2.31. The molecule has 0 aliphatic heterocycles. The number of sulfonamides is 1. The van der Waals surface area contributed by atoms with Gasteiger partial charge >= 0.3 is 6.18 Å². The molecule has 7 nitrogen and oxygen atoms in total. The van der Waals surface area contributed by atoms with Crippen molar-refractivity contribution in [3.63, 3.8) is 0 Å². The Morgan fingerprint density at radius 3 is 2.31 bits per heavy atom. The van der Waals surface area contributed by atoms with Crippen LogP contribution in [0.1, 0.15) is 37.0 Å². The second-order valence-corrected chi connectivity index (χ2v) is 10.2. The fourth-order valence-corrected chi connectivity index (χ4v) is 4.28. The maximum Gasteiger partial charge on any atom is 0.416 e. The van der Waals surface area contributed by atoms with Gasteiger partial charge in [0, 0.05) is 13.1 Å². The summed E-state index contributed by atoms with van der Waals surface area (Å²) in [5.41, 5.74) is 0.312. The van der Waals surface area contributed by atoms with Crippen LogP contribution in [-0.4, -0.2) is 50.5 Å². The molecule has 0 aliphatic rings. The molecule has 35 heavy (non-hydrogen) atoms. The molecular formula is C24H30F3N3O4S. The SMILES string of the molecule is CCCNC(=O)C(C)N(Cc1cccc(C)c1)C(=O)CN(c1cccc(C(F)(F)F)c1)S(C)(=O)=O. The monoisotopic (exact) mass is 513 g/mol. The van der Waals surface area contributed by atoms with Crippen molar-refractivity contribution < 1.29 is 31.2 Å². The zero-order chi connectivity index (χ0) is 26.4. The van der Waals surface area contributed by atoms with E-state index in [0.717, 1.165) is 29.5 Å². The smallest absolute Gasteiger partial charge is 0.354 e. The van der Waals surface area contributed by atoms with Crippen LogP contribution in [0.15, 0.2) is 48.5 Å². The predicted molar refractivity (Wildman–Crippen MR) is 128 cm³/mol. The molecule has 11 heteroatoms. The summed E-state index contributed by atoms with van der Waals surface area (Å²) < 4.78 is 65.2. The molecule has 1 atom stereocenters. The molecule has 2 aromatic rings. The van der Waals surface area contributed by atoms with Gasteiger partial charge in [-0.1, -0.05) is 42.8 Å². The van der Waals surface area contributed by atoms with Gasteiger partial charge < -0.3 is 10.2 Å². The number of hydrogen-bond donors (Lipinski definition) is 1. The van der Waals surface area contributed by atoms with E-state index in [4.69, 9.17) is 0 Å². The third-order valence-corrected chi connectivity index (χ3v) is 6.43. The lowest BCUT2D eigenvalue weighted by molar-refractivity contribution is -0.139. The molecule has 192 valence electrons. The zero-order valence-corrected chi connectivity index (χ0v) is 20.9. The van der Waals surface area contributed by atoms with E-state index in [9.17, 15) is 31.2 Å². The summed E-state index contributed by atoms with van der Waals surface area (Å²) in [5.74, 6) is -1.15. The Morgan fingerprint density at radius 1 is 1.09 bits per heavy atom. The number of benzene rings is 2. The molecule has 1 unspecified atom stereocenters. The number of nitrogens with one attached hydrogen (secondary N) is 1. The van der Waals surface area contributed by atoms with E-state index in [1.54, 1.807) is 12.1 Å². The molecule has 0 aliphatic carbocycles. The van der Waals surface area contributed by atoms with Crippen LogP contribution in [0.3, 0.4) is 0 Å². The van der Waals surface area contributed by atoms with E-state index in [2.05, 4.69) is 5.32 Å². The van der Waals surface area contributed by atoms with Gasteiger partial charge in [0.2, 0.25) is 21.8 Å². The van der Waals surface area contributed by atoms with Gasteiger partial charge in [-0.3, -0.25) is 13.9 Å². The fourth-order valence-electron chi connectivity index (χ4n) is 3.44. The number of alkyl halides is 3. The first-order valence-corrected chi connectivity index (χ1v) is 12.9. The second-order valence-electron chi connectivity index (χ2n) is 8.30. The summed E-state index contributed by atoms with van der Waals surface area (Å²) in [6.07, 6.45) is -3.20. The Bertz CT molecular complexity index is 1150. The van der Waals surface area contributed by atoms with Gasteiger partial charge in [0.1, 0.15) is 12.6 Å². The van der Waals surface area contributed by atoms with E-state index in [1.165, 1.54) is 17.9 Å². The first-order chi connectivity index (χ1) is 16.2. The Kier molecular flexibility index (Phi) is 9.31. The molecule has 0 bridgehead atoms. The van der Waals surface area contributed by atoms with Crippen molar-refractivity contribution in [2.75, 3.05) is 23.7 Å². The largest absolute Gasteiger partial charge is 0.416 e. The Hall–Kier alpha value is -3.08. The number of rotatable bonds is 10. The van der Waals surface area contributed by atoms with Crippen molar-refractivity contribution >= 4 is 27.5 Å². The second kappa shape index (κ2) is 11.6. The van der Waals surface area contributed by atoms with Crippen LogP contribution in [0.25, 0.3) is 0 Å². The van der Waals surface area contributed by atoms with E-state index >= 15 is 0 Å². The summed E-state index contributed by atoms with van der Waals surface area (Å²) >= 11 is 0. The van der Waals surface area contributed by atoms with Crippen LogP contribution in [0, 0.1) is 6.92 Å². The first kappa shape index (κ1) is 28.2. The molecular weight excluding hydrogens is 483 g/mol. The van der Waals surface area contributed by atoms with Gasteiger partial charge in [0.25, 0.3) is 0 Å². The lowest BCUT2D eigenvalue weighted by atomic mass is 10.1. The minimum atomic E-state index is -4.69. The van der Waals surface area contributed by atoms with E-state index in [1.807, 2.05) is 26.0 Å². The van der Waals surface area contributed by atoms with Gasteiger partial charge in [-0.2, -0.15) is 13.2 Å². The molecule has 0 heterocycles. The molecule has 1 N–H and O–H groups in total. The Labute approximate surface area is 204 Å². The topological polar surface area (TPSA) is 86.8 Å². The van der Waals surface area contributed by atoms with Crippen molar-refractivity contribution in [3.05, 3.63) is 65.2 Å². The number of amides is 2. The van der Waals surface area contributed by atoms with Crippen LogP contribution >= 0.6 is 0 Å². The third kappa shape index (κ3) is 7.98. The number of carbonyl (C=O) groups is 2. The minimum Gasteiger partial charge on any atom is -0.354 e. The third-order valence-electron chi connectivity index (χ3n) is 5.29. The minimum absolute atomic E-state index is 0.0153. The van der Waals surface area contributed by atoms with Crippen LogP contribution in [0.2, 0.25) is 0 Å². The molecule has 0 saturated heterocycles. The number of carbonyl (C=O) groups excluding carboxylic acids is 2. The Morgan fingerprint density at radius 2 is 1.74 bits per heavy atom. The molecule has 2 rings (SSSR count). The van der Waals surface area contributed by atoms with Gasteiger partial charge in [0.05, 0.1) is 17.5 Å². The van der Waals surface area contributed by atoms with Crippen LogP contribution in [0.5, 0.6) is 0 Å². The summed E-state index contributed by atoms with van der Waals surface area (Å²) in [7, 11) is -4.13. The summed E-state index contributed by atoms with van der Waals surface area (Å²) in [5, 5.41) is 2.71. The summed E-state index contributed by atoms with van der Waals surface area (Å²) in [6, 6.07) is 10.1. The average molecular weight is 514 g/mol. The average Bonchev–Trinajstić information content (AvgIpc) is 2.77. The van der Waals surface area contributed by atoms with Gasteiger partial charge in [-0.15, -0.1) is 0 Å². The number of halogens is 3. The summed E-state index contributed by atoms with van der Waals surface area (Å²) in [6.45, 7) is 4.91. The number of nitrogens with zero attached hydrogens (tertiary/aromatic N) is 2. The Balaban J connectivity index is 2.43.